The molecule has 0 radical (unpaired) electrons. The molecule has 61 heavy (non-hydrogen) atoms. The number of nitrogens with zero attached hydrogens (tertiary/aromatic N) is 2. The first-order chi connectivity index (χ1) is 30.3. The fourth-order valence-electron chi connectivity index (χ4n) is 10.7. The third-order valence-electron chi connectivity index (χ3n) is 13.3. The minimum Gasteiger partial charge on any atom is -0.228 e. The van der Waals surface area contributed by atoms with Gasteiger partial charge in [-0.2, -0.15) is 0 Å². The number of fused-ring (bicyclic) bond motifs is 14. The molecule has 0 saturated carbocycles. The summed E-state index contributed by atoms with van der Waals surface area (Å²) in [5, 5.41) is 7.53. The second kappa shape index (κ2) is 13.0. The Balaban J connectivity index is 1.01. The molecule has 2 nitrogen and oxygen atoms in total. The zero-order valence-corrected chi connectivity index (χ0v) is 33.2. The smallest absolute Gasteiger partial charge is 0.160 e. The minimum atomic E-state index is -0.429. The summed E-state index contributed by atoms with van der Waals surface area (Å²) in [5.41, 5.74) is 17.3. The van der Waals surface area contributed by atoms with Crippen molar-refractivity contribution in [2.24, 2.45) is 0 Å². The summed E-state index contributed by atoms with van der Waals surface area (Å²) >= 11 is 0. The maximum Gasteiger partial charge on any atom is 0.160 e. The van der Waals surface area contributed by atoms with Crippen molar-refractivity contribution in [3.63, 3.8) is 0 Å². The average molecular weight is 773 g/mol. The van der Waals surface area contributed by atoms with E-state index in [4.69, 9.17) is 9.97 Å². The van der Waals surface area contributed by atoms with Crippen LogP contribution < -0.4 is 0 Å². The largest absolute Gasteiger partial charge is 0.228 e. The van der Waals surface area contributed by atoms with Gasteiger partial charge in [0.15, 0.2) is 5.82 Å². The van der Waals surface area contributed by atoms with Gasteiger partial charge in [-0.1, -0.05) is 206 Å². The third-order valence-corrected chi connectivity index (χ3v) is 13.3. The molecule has 10 aromatic carbocycles. The Kier molecular flexibility index (Phi) is 7.26. The second-order valence-corrected chi connectivity index (χ2v) is 16.4. The van der Waals surface area contributed by atoms with Gasteiger partial charge in [-0.05, 0) is 100 Å². The summed E-state index contributed by atoms with van der Waals surface area (Å²) in [5.74, 6) is 0.708. The zero-order chi connectivity index (χ0) is 40.1. The number of rotatable bonds is 4. The average Bonchev–Trinajstić information content (AvgIpc) is 3.81. The fourth-order valence-corrected chi connectivity index (χ4v) is 10.7. The molecule has 2 aliphatic carbocycles. The van der Waals surface area contributed by atoms with Crippen LogP contribution in [-0.2, 0) is 5.41 Å². The van der Waals surface area contributed by atoms with Crippen LogP contribution in [0.25, 0.3) is 99.6 Å². The van der Waals surface area contributed by atoms with Gasteiger partial charge < -0.3 is 0 Å². The summed E-state index contributed by atoms with van der Waals surface area (Å²) in [4.78, 5) is 10.7. The molecule has 1 aromatic heterocycles. The van der Waals surface area contributed by atoms with Crippen LogP contribution in [-0.4, -0.2) is 9.97 Å². The highest BCUT2D eigenvalue weighted by atomic mass is 14.9. The van der Waals surface area contributed by atoms with Crippen molar-refractivity contribution >= 4 is 32.3 Å². The van der Waals surface area contributed by atoms with Gasteiger partial charge in [0.05, 0.1) is 16.8 Å². The Morgan fingerprint density at radius 3 is 1.59 bits per heavy atom. The SMILES string of the molecule is c1ccc(-c2nc(-c3ccc(-c4c5ccccc5cc5c4ccc4ccccc45)cc3)cc(-c3cccc4c3-c3ccccc3C43c4ccccc4-c4ccccc43)n2)cc1. The molecule has 0 fully saturated rings. The lowest BCUT2D eigenvalue weighted by molar-refractivity contribution is 0.794. The summed E-state index contributed by atoms with van der Waals surface area (Å²) in [6.07, 6.45) is 0. The van der Waals surface area contributed by atoms with Gasteiger partial charge in [-0.3, -0.25) is 0 Å². The van der Waals surface area contributed by atoms with E-state index < -0.39 is 5.41 Å². The number of hydrogen-bond acceptors (Lipinski definition) is 2. The van der Waals surface area contributed by atoms with E-state index in [-0.39, 0.29) is 0 Å². The van der Waals surface area contributed by atoms with E-state index in [1.54, 1.807) is 0 Å². The van der Waals surface area contributed by atoms with Gasteiger partial charge >= 0.3 is 0 Å². The predicted octanol–water partition coefficient (Wildman–Crippen LogP) is 14.9. The molecule has 0 atom stereocenters. The molecular formula is C59H36N2. The third kappa shape index (κ3) is 4.85. The molecule has 0 aliphatic heterocycles. The second-order valence-electron chi connectivity index (χ2n) is 16.4. The Morgan fingerprint density at radius 1 is 0.279 bits per heavy atom. The van der Waals surface area contributed by atoms with Gasteiger partial charge in [0, 0.05) is 16.7 Å². The standard InChI is InChI=1S/C59H36N2/c1-2-16-40(17-3-1)58-60-54(38-29-31-39(32-30-38)56-43-20-7-5-18-41(43)35-49-42-19-6-4-15-37(42)33-34-46(49)56)36-55(61-58)48-24-14-28-53-57(48)47-23-10-13-27-52(47)59(53)50-25-11-8-21-44(50)45-22-9-12-26-51(45)59/h1-36H. The maximum atomic E-state index is 5.40. The van der Waals surface area contributed by atoms with E-state index in [0.29, 0.717) is 5.82 Å². The molecular weight excluding hydrogens is 737 g/mol. The van der Waals surface area contributed by atoms with Crippen LogP contribution in [0.15, 0.2) is 218 Å². The van der Waals surface area contributed by atoms with Gasteiger partial charge in [0.25, 0.3) is 0 Å². The summed E-state index contributed by atoms with van der Waals surface area (Å²) in [6, 6.07) is 79.7. The Bertz CT molecular complexity index is 3540. The van der Waals surface area contributed by atoms with E-state index in [0.717, 1.165) is 28.1 Å². The molecule has 282 valence electrons. The zero-order valence-electron chi connectivity index (χ0n) is 33.2. The molecule has 2 heteroatoms. The maximum absolute atomic E-state index is 5.40. The lowest BCUT2D eigenvalue weighted by Gasteiger charge is -2.30. The Hall–Kier alpha value is -7.94. The lowest BCUT2D eigenvalue weighted by Crippen LogP contribution is -2.25. The molecule has 1 spiro atoms. The molecule has 0 saturated heterocycles. The summed E-state index contributed by atoms with van der Waals surface area (Å²) < 4.78 is 0. The van der Waals surface area contributed by atoms with Gasteiger partial charge in [-0.15, -0.1) is 0 Å². The molecule has 0 amide bonds. The molecule has 2 aliphatic rings. The van der Waals surface area contributed by atoms with Crippen LogP contribution in [0.1, 0.15) is 22.3 Å². The predicted molar refractivity (Wildman–Crippen MR) is 253 cm³/mol. The molecule has 0 unspecified atom stereocenters. The quantitative estimate of drug-likeness (QED) is 0.132. The van der Waals surface area contributed by atoms with E-state index in [9.17, 15) is 0 Å². The highest BCUT2D eigenvalue weighted by molar-refractivity contribution is 6.20. The molecule has 1 heterocycles. The number of benzene rings is 10. The van der Waals surface area contributed by atoms with Crippen molar-refractivity contribution in [2.45, 2.75) is 5.41 Å². The summed E-state index contributed by atoms with van der Waals surface area (Å²) in [7, 11) is 0. The first-order valence-corrected chi connectivity index (χ1v) is 21.1. The lowest BCUT2D eigenvalue weighted by atomic mass is 9.70. The van der Waals surface area contributed by atoms with Crippen LogP contribution in [0, 0.1) is 0 Å². The van der Waals surface area contributed by atoms with E-state index in [1.165, 1.54) is 88.0 Å². The van der Waals surface area contributed by atoms with E-state index >= 15 is 0 Å². The van der Waals surface area contributed by atoms with Crippen molar-refractivity contribution in [1.82, 2.24) is 9.97 Å². The molecule has 11 aromatic rings. The topological polar surface area (TPSA) is 25.8 Å². The van der Waals surface area contributed by atoms with E-state index in [1.807, 2.05) is 6.07 Å². The van der Waals surface area contributed by atoms with Crippen molar-refractivity contribution in [3.05, 3.63) is 241 Å². The van der Waals surface area contributed by atoms with Crippen molar-refractivity contribution in [2.75, 3.05) is 0 Å². The highest BCUT2D eigenvalue weighted by Crippen LogP contribution is 2.64. The summed E-state index contributed by atoms with van der Waals surface area (Å²) in [6.45, 7) is 0. The van der Waals surface area contributed by atoms with Crippen LogP contribution >= 0.6 is 0 Å². The van der Waals surface area contributed by atoms with Crippen LogP contribution in [0.3, 0.4) is 0 Å². The van der Waals surface area contributed by atoms with Gasteiger partial charge in [0.1, 0.15) is 0 Å². The minimum absolute atomic E-state index is 0.429. The highest BCUT2D eigenvalue weighted by Gasteiger charge is 2.52. The van der Waals surface area contributed by atoms with Gasteiger partial charge in [0.2, 0.25) is 0 Å². The van der Waals surface area contributed by atoms with Crippen LogP contribution in [0.4, 0.5) is 0 Å². The Morgan fingerprint density at radius 2 is 0.836 bits per heavy atom. The van der Waals surface area contributed by atoms with Crippen LogP contribution in [0.5, 0.6) is 0 Å². The number of aromatic nitrogens is 2. The monoisotopic (exact) mass is 772 g/mol. The van der Waals surface area contributed by atoms with Gasteiger partial charge in [-0.25, -0.2) is 9.97 Å². The molecule has 0 bridgehead atoms. The van der Waals surface area contributed by atoms with Crippen molar-refractivity contribution in [1.29, 1.82) is 0 Å². The van der Waals surface area contributed by atoms with E-state index in [2.05, 4.69) is 212 Å². The fraction of sp³-hybridized carbons (Fsp3) is 0.0169. The van der Waals surface area contributed by atoms with Crippen LogP contribution in [0.2, 0.25) is 0 Å². The van der Waals surface area contributed by atoms with Crippen molar-refractivity contribution in [3.8, 4) is 67.3 Å². The molecule has 0 N–H and O–H groups in total. The van der Waals surface area contributed by atoms with Crippen molar-refractivity contribution < 1.29 is 0 Å². The first-order valence-electron chi connectivity index (χ1n) is 21.1. The normalized spacial score (nSPS) is 13.0. The number of hydrogen-bond donors (Lipinski definition) is 0. The first kappa shape index (κ1) is 34.0. The molecule has 13 rings (SSSR count). The Labute approximate surface area is 354 Å².